The van der Waals surface area contributed by atoms with Crippen molar-refractivity contribution in [1.29, 1.82) is 0 Å². The topological polar surface area (TPSA) is 51.2 Å². The molecule has 0 radical (unpaired) electrons. The van der Waals surface area contributed by atoms with Crippen molar-refractivity contribution >= 4 is 5.91 Å². The number of carbonyl (C=O) groups is 1. The maximum absolute atomic E-state index is 13.1. The van der Waals surface area contributed by atoms with E-state index in [1.807, 2.05) is 23.1 Å². The molecule has 3 fully saturated rings. The summed E-state index contributed by atoms with van der Waals surface area (Å²) in [7, 11) is 3.77. The van der Waals surface area contributed by atoms with E-state index in [-0.39, 0.29) is 17.6 Å². The summed E-state index contributed by atoms with van der Waals surface area (Å²) in [5.41, 5.74) is 0.539. The van der Waals surface area contributed by atoms with E-state index >= 15 is 0 Å². The summed E-state index contributed by atoms with van der Waals surface area (Å²) in [5, 5.41) is 0. The van der Waals surface area contributed by atoms with E-state index in [0.29, 0.717) is 31.0 Å². The SMILES string of the molecule is COc1cc(C(=O)N2CCOC3(CCCC3)C2)ccc1OC1CCN(C)CC1. The van der Waals surface area contributed by atoms with Gasteiger partial charge in [0.1, 0.15) is 6.10 Å². The summed E-state index contributed by atoms with van der Waals surface area (Å²) in [6, 6.07) is 5.57. The fourth-order valence-corrected chi connectivity index (χ4v) is 4.70. The average molecular weight is 389 g/mol. The lowest BCUT2D eigenvalue weighted by Gasteiger charge is -2.40. The molecule has 4 rings (SSSR count). The molecule has 1 aliphatic carbocycles. The van der Waals surface area contributed by atoms with Crippen LogP contribution in [0.4, 0.5) is 0 Å². The lowest BCUT2D eigenvalue weighted by molar-refractivity contribution is -0.0948. The average Bonchev–Trinajstić information content (AvgIpc) is 3.16. The second kappa shape index (κ2) is 8.29. The van der Waals surface area contributed by atoms with E-state index in [4.69, 9.17) is 14.2 Å². The number of carbonyl (C=O) groups excluding carboxylic acids is 1. The Morgan fingerprint density at radius 2 is 1.89 bits per heavy atom. The summed E-state index contributed by atoms with van der Waals surface area (Å²) >= 11 is 0. The molecule has 6 nitrogen and oxygen atoms in total. The van der Waals surface area contributed by atoms with E-state index in [1.165, 1.54) is 12.8 Å². The molecule has 0 N–H and O–H groups in total. The number of morpholine rings is 1. The minimum Gasteiger partial charge on any atom is -0.493 e. The van der Waals surface area contributed by atoms with Gasteiger partial charge in [0.05, 0.1) is 25.9 Å². The van der Waals surface area contributed by atoms with Crippen LogP contribution < -0.4 is 9.47 Å². The quantitative estimate of drug-likeness (QED) is 0.794. The van der Waals surface area contributed by atoms with Crippen molar-refractivity contribution in [2.75, 3.05) is 46.9 Å². The molecule has 2 saturated heterocycles. The molecule has 6 heteroatoms. The molecule has 1 amide bonds. The van der Waals surface area contributed by atoms with Crippen LogP contribution in [0, 0.1) is 0 Å². The molecular formula is C22H32N2O4. The van der Waals surface area contributed by atoms with Gasteiger partial charge < -0.3 is 24.0 Å². The highest BCUT2D eigenvalue weighted by Crippen LogP contribution is 2.37. The minimum atomic E-state index is -0.116. The molecule has 1 spiro atoms. The Labute approximate surface area is 167 Å². The lowest BCUT2D eigenvalue weighted by atomic mass is 9.99. The predicted octanol–water partition coefficient (Wildman–Crippen LogP) is 2.95. The fourth-order valence-electron chi connectivity index (χ4n) is 4.70. The second-order valence-electron chi connectivity index (χ2n) is 8.45. The second-order valence-corrected chi connectivity index (χ2v) is 8.45. The first-order chi connectivity index (χ1) is 13.6. The molecule has 1 saturated carbocycles. The molecule has 1 aromatic rings. The zero-order valence-corrected chi connectivity index (χ0v) is 17.1. The molecule has 3 aliphatic rings. The molecule has 0 bridgehead atoms. The van der Waals surface area contributed by atoms with Crippen molar-refractivity contribution < 1.29 is 19.0 Å². The molecule has 28 heavy (non-hydrogen) atoms. The maximum Gasteiger partial charge on any atom is 0.254 e. The third kappa shape index (κ3) is 4.13. The highest BCUT2D eigenvalue weighted by Gasteiger charge is 2.40. The summed E-state index contributed by atoms with van der Waals surface area (Å²) in [6.45, 7) is 4.06. The van der Waals surface area contributed by atoms with Crippen LogP contribution in [-0.4, -0.2) is 74.4 Å². The molecule has 0 unspecified atom stereocenters. The zero-order chi connectivity index (χ0) is 19.6. The number of amides is 1. The van der Waals surface area contributed by atoms with Crippen LogP contribution in [-0.2, 0) is 4.74 Å². The minimum absolute atomic E-state index is 0.0544. The first-order valence-electron chi connectivity index (χ1n) is 10.6. The van der Waals surface area contributed by atoms with Crippen molar-refractivity contribution in [3.8, 4) is 11.5 Å². The normalized spacial score (nSPS) is 23.1. The van der Waals surface area contributed by atoms with E-state index in [9.17, 15) is 4.79 Å². The highest BCUT2D eigenvalue weighted by atomic mass is 16.5. The Hall–Kier alpha value is -1.79. The number of nitrogens with zero attached hydrogens (tertiary/aromatic N) is 2. The van der Waals surface area contributed by atoms with Gasteiger partial charge in [-0.05, 0) is 50.9 Å². The van der Waals surface area contributed by atoms with Gasteiger partial charge in [0.15, 0.2) is 11.5 Å². The molecule has 2 aliphatic heterocycles. The maximum atomic E-state index is 13.1. The number of methoxy groups -OCH3 is 1. The van der Waals surface area contributed by atoms with Gasteiger partial charge in [-0.2, -0.15) is 0 Å². The summed E-state index contributed by atoms with van der Waals surface area (Å²) in [4.78, 5) is 17.4. The van der Waals surface area contributed by atoms with Gasteiger partial charge in [-0.25, -0.2) is 0 Å². The first-order valence-corrected chi connectivity index (χ1v) is 10.6. The van der Waals surface area contributed by atoms with Crippen molar-refractivity contribution in [3.63, 3.8) is 0 Å². The number of likely N-dealkylation sites (tertiary alicyclic amines) is 1. The highest BCUT2D eigenvalue weighted by molar-refractivity contribution is 5.95. The van der Waals surface area contributed by atoms with Gasteiger partial charge in [-0.1, -0.05) is 12.8 Å². The van der Waals surface area contributed by atoms with Crippen LogP contribution >= 0.6 is 0 Å². The molecule has 0 atom stereocenters. The zero-order valence-electron chi connectivity index (χ0n) is 17.1. The van der Waals surface area contributed by atoms with Crippen LogP contribution in [0.1, 0.15) is 48.9 Å². The van der Waals surface area contributed by atoms with Gasteiger partial charge in [0.2, 0.25) is 0 Å². The number of benzene rings is 1. The van der Waals surface area contributed by atoms with Crippen LogP contribution in [0.2, 0.25) is 0 Å². The summed E-state index contributed by atoms with van der Waals surface area (Å²) in [6.07, 6.45) is 6.73. The van der Waals surface area contributed by atoms with Gasteiger partial charge in [0, 0.05) is 25.2 Å². The Balaban J connectivity index is 1.45. The molecular weight excluding hydrogens is 356 g/mol. The Kier molecular flexibility index (Phi) is 5.78. The smallest absolute Gasteiger partial charge is 0.254 e. The number of ether oxygens (including phenoxy) is 3. The Bertz CT molecular complexity index is 694. The molecule has 154 valence electrons. The Morgan fingerprint density at radius 3 is 2.61 bits per heavy atom. The van der Waals surface area contributed by atoms with E-state index in [0.717, 1.165) is 44.5 Å². The van der Waals surface area contributed by atoms with Gasteiger partial charge >= 0.3 is 0 Å². The standard InChI is InChI=1S/C22H32N2O4/c1-23-11-7-18(8-12-23)28-19-6-5-17(15-20(19)26-2)21(25)24-13-14-27-22(16-24)9-3-4-10-22/h5-6,15,18H,3-4,7-14,16H2,1-2H3. The Morgan fingerprint density at radius 1 is 1.14 bits per heavy atom. The van der Waals surface area contributed by atoms with Crippen LogP contribution in [0.5, 0.6) is 11.5 Å². The van der Waals surface area contributed by atoms with Crippen LogP contribution in [0.3, 0.4) is 0 Å². The lowest BCUT2D eigenvalue weighted by Crippen LogP contribution is -2.52. The van der Waals surface area contributed by atoms with Gasteiger partial charge in [-0.3, -0.25) is 4.79 Å². The number of hydrogen-bond acceptors (Lipinski definition) is 5. The number of hydrogen-bond donors (Lipinski definition) is 0. The van der Waals surface area contributed by atoms with E-state index in [1.54, 1.807) is 7.11 Å². The van der Waals surface area contributed by atoms with Crippen molar-refractivity contribution in [1.82, 2.24) is 9.80 Å². The molecule has 0 aromatic heterocycles. The van der Waals surface area contributed by atoms with E-state index in [2.05, 4.69) is 11.9 Å². The van der Waals surface area contributed by atoms with Crippen LogP contribution in [0.25, 0.3) is 0 Å². The molecule has 2 heterocycles. The summed E-state index contributed by atoms with van der Waals surface area (Å²) < 4.78 is 17.8. The number of rotatable bonds is 4. The van der Waals surface area contributed by atoms with Gasteiger partial charge in [0.25, 0.3) is 5.91 Å². The number of piperidine rings is 1. The van der Waals surface area contributed by atoms with E-state index < -0.39 is 0 Å². The largest absolute Gasteiger partial charge is 0.493 e. The van der Waals surface area contributed by atoms with Crippen molar-refractivity contribution in [2.24, 2.45) is 0 Å². The van der Waals surface area contributed by atoms with Gasteiger partial charge in [-0.15, -0.1) is 0 Å². The van der Waals surface area contributed by atoms with Crippen LogP contribution in [0.15, 0.2) is 18.2 Å². The van der Waals surface area contributed by atoms with Crippen molar-refractivity contribution in [3.05, 3.63) is 23.8 Å². The summed E-state index contributed by atoms with van der Waals surface area (Å²) in [5.74, 6) is 1.41. The predicted molar refractivity (Wildman–Crippen MR) is 107 cm³/mol. The van der Waals surface area contributed by atoms with Crippen molar-refractivity contribution in [2.45, 2.75) is 50.2 Å². The fraction of sp³-hybridized carbons (Fsp3) is 0.682. The monoisotopic (exact) mass is 388 g/mol. The first kappa shape index (κ1) is 19.5. The third-order valence-electron chi connectivity index (χ3n) is 6.42. The molecule has 1 aromatic carbocycles. The third-order valence-corrected chi connectivity index (χ3v) is 6.42.